The van der Waals surface area contributed by atoms with Gasteiger partial charge in [0.15, 0.2) is 0 Å². The second-order valence-corrected chi connectivity index (χ2v) is 11.5. The Balaban J connectivity index is 1.26. The van der Waals surface area contributed by atoms with E-state index in [4.69, 9.17) is 10.5 Å². The normalized spacial score (nSPS) is 18.2. The van der Waals surface area contributed by atoms with Crippen molar-refractivity contribution in [2.45, 2.75) is 51.5 Å². The standard InChI is InChI=1S/C30H30N6O4S/c1-17-21(11-13-24(33-17)40-20-8-3-2-4-9-20)36-22-14-15-32-29-25(22)26(35-30(36)39)27(41-29)28(38)34-19-7-5-6-18(16-19)10-12-23(31)37/h2-4,8-9,11,13-15,18-19H,5-7,10,12,16H2,1H3,(H2,31,37)(H,34,38)(H,35,39)/t18?,19-/m1/s1. The number of pyridine rings is 2. The number of nitrogens with two attached hydrogens (primary N) is 1. The van der Waals surface area contributed by atoms with Crippen LogP contribution in [0.5, 0.6) is 11.6 Å². The van der Waals surface area contributed by atoms with Gasteiger partial charge in [0.1, 0.15) is 15.5 Å². The Kier molecular flexibility index (Phi) is 7.27. The van der Waals surface area contributed by atoms with Crippen LogP contribution in [0.15, 0.2) is 54.7 Å². The molecule has 0 radical (unpaired) electrons. The van der Waals surface area contributed by atoms with Gasteiger partial charge in [-0.3, -0.25) is 14.5 Å². The maximum absolute atomic E-state index is 13.5. The van der Waals surface area contributed by atoms with Crippen LogP contribution >= 0.6 is 11.3 Å². The van der Waals surface area contributed by atoms with Gasteiger partial charge < -0.3 is 21.1 Å². The van der Waals surface area contributed by atoms with Crippen LogP contribution in [0.1, 0.15) is 53.9 Å². The van der Waals surface area contributed by atoms with Crippen LogP contribution in [0.3, 0.4) is 0 Å². The third-order valence-electron chi connectivity index (χ3n) is 7.61. The first kappa shape index (κ1) is 26.7. The summed E-state index contributed by atoms with van der Waals surface area (Å²) in [5.41, 5.74) is 7.65. The largest absolute Gasteiger partial charge is 0.439 e. The number of rotatable bonds is 8. The van der Waals surface area contributed by atoms with Gasteiger partial charge >= 0.3 is 6.03 Å². The number of carbonyl (C=O) groups is 3. The molecule has 0 spiro atoms. The maximum Gasteiger partial charge on any atom is 0.331 e. The van der Waals surface area contributed by atoms with Gasteiger partial charge in [0.2, 0.25) is 11.8 Å². The molecule has 4 N–H and O–H groups in total. The molecule has 4 aromatic rings. The van der Waals surface area contributed by atoms with Gasteiger partial charge in [0, 0.05) is 24.7 Å². The molecular weight excluding hydrogens is 540 g/mol. The fourth-order valence-corrected chi connectivity index (χ4v) is 6.72. The number of anilines is 3. The smallest absolute Gasteiger partial charge is 0.331 e. The third kappa shape index (κ3) is 5.45. The highest BCUT2D eigenvalue weighted by Crippen LogP contribution is 2.46. The summed E-state index contributed by atoms with van der Waals surface area (Å²) in [4.78, 5) is 50.0. The average molecular weight is 571 g/mol. The van der Waals surface area contributed by atoms with E-state index in [0.717, 1.165) is 32.1 Å². The van der Waals surface area contributed by atoms with Gasteiger partial charge in [-0.05, 0) is 56.4 Å². The number of benzene rings is 1. The number of nitrogens with one attached hydrogen (secondary N) is 2. The molecule has 210 valence electrons. The first-order chi connectivity index (χ1) is 19.9. The number of ether oxygens (including phenoxy) is 1. The monoisotopic (exact) mass is 570 g/mol. The molecule has 2 atom stereocenters. The number of nitrogens with zero attached hydrogens (tertiary/aromatic N) is 3. The number of aromatic nitrogens is 2. The van der Waals surface area contributed by atoms with E-state index in [1.54, 1.807) is 29.3 Å². The number of urea groups is 1. The van der Waals surface area contributed by atoms with E-state index in [2.05, 4.69) is 20.6 Å². The van der Waals surface area contributed by atoms with Crippen molar-refractivity contribution in [3.8, 4) is 11.6 Å². The molecule has 6 rings (SSSR count). The van der Waals surface area contributed by atoms with E-state index in [9.17, 15) is 14.4 Å². The zero-order valence-corrected chi connectivity index (χ0v) is 23.4. The number of amides is 4. The predicted octanol–water partition coefficient (Wildman–Crippen LogP) is 6.03. The van der Waals surface area contributed by atoms with Gasteiger partial charge in [0.25, 0.3) is 5.91 Å². The van der Waals surface area contributed by atoms with E-state index in [1.807, 2.05) is 37.3 Å². The summed E-state index contributed by atoms with van der Waals surface area (Å²) >= 11 is 1.26. The van der Waals surface area contributed by atoms with Crippen molar-refractivity contribution in [1.29, 1.82) is 0 Å². The summed E-state index contributed by atoms with van der Waals surface area (Å²) in [6, 6.07) is 14.3. The third-order valence-corrected chi connectivity index (χ3v) is 8.70. The summed E-state index contributed by atoms with van der Waals surface area (Å²) in [5.74, 6) is 0.913. The Hall–Kier alpha value is -4.51. The first-order valence-electron chi connectivity index (χ1n) is 13.7. The number of primary amides is 1. The van der Waals surface area contributed by atoms with Crippen molar-refractivity contribution in [2.75, 3.05) is 10.2 Å². The molecule has 1 saturated carbocycles. The minimum absolute atomic E-state index is 0.0000948. The molecule has 10 nitrogen and oxygen atoms in total. The average Bonchev–Trinajstić information content (AvgIpc) is 3.33. The van der Waals surface area contributed by atoms with Crippen LogP contribution in [0.2, 0.25) is 0 Å². The molecule has 2 aliphatic rings. The minimum Gasteiger partial charge on any atom is -0.439 e. The highest BCUT2D eigenvalue weighted by Gasteiger charge is 2.34. The SMILES string of the molecule is Cc1nc(Oc2ccccc2)ccc1N1C(=O)Nc2c(C(=O)N[C@@H]3CCCC(CCC(N)=O)C3)sc3nccc1c23. The summed E-state index contributed by atoms with van der Waals surface area (Å²) in [6.07, 6.45) is 6.43. The number of para-hydroxylation sites is 1. The highest BCUT2D eigenvalue weighted by atomic mass is 32.1. The van der Waals surface area contributed by atoms with Gasteiger partial charge in [-0.2, -0.15) is 0 Å². The van der Waals surface area contributed by atoms with Crippen LogP contribution in [-0.4, -0.2) is 33.9 Å². The number of hydrogen-bond acceptors (Lipinski definition) is 7. The zero-order valence-electron chi connectivity index (χ0n) is 22.6. The van der Waals surface area contributed by atoms with E-state index in [0.29, 0.717) is 61.8 Å². The molecule has 1 fully saturated rings. The Labute approximate surface area is 240 Å². The van der Waals surface area contributed by atoms with Crippen molar-refractivity contribution in [3.63, 3.8) is 0 Å². The molecule has 1 aromatic carbocycles. The lowest BCUT2D eigenvalue weighted by Crippen LogP contribution is -2.39. The molecule has 11 heteroatoms. The molecule has 4 heterocycles. The molecule has 41 heavy (non-hydrogen) atoms. The fraction of sp³-hybridized carbons (Fsp3) is 0.300. The molecule has 4 amide bonds. The fourth-order valence-electron chi connectivity index (χ4n) is 5.70. The Bertz CT molecular complexity index is 1640. The van der Waals surface area contributed by atoms with Crippen molar-refractivity contribution >= 4 is 56.5 Å². The van der Waals surface area contributed by atoms with E-state index >= 15 is 0 Å². The molecular formula is C30H30N6O4S. The van der Waals surface area contributed by atoms with E-state index in [-0.39, 0.29) is 23.9 Å². The Morgan fingerprint density at radius 1 is 1.15 bits per heavy atom. The summed E-state index contributed by atoms with van der Waals surface area (Å²) in [5, 5.41) is 6.83. The van der Waals surface area contributed by atoms with Crippen molar-refractivity contribution < 1.29 is 19.1 Å². The number of aryl methyl sites for hydroxylation is 1. The van der Waals surface area contributed by atoms with E-state index in [1.165, 1.54) is 11.3 Å². The molecule has 0 bridgehead atoms. The predicted molar refractivity (Wildman–Crippen MR) is 158 cm³/mol. The van der Waals surface area contributed by atoms with Crippen LogP contribution in [0.25, 0.3) is 10.2 Å². The molecule has 1 aliphatic carbocycles. The van der Waals surface area contributed by atoms with Gasteiger partial charge in [-0.1, -0.05) is 31.0 Å². The molecule has 1 unspecified atom stereocenters. The van der Waals surface area contributed by atoms with Crippen molar-refractivity contribution in [1.82, 2.24) is 15.3 Å². The van der Waals surface area contributed by atoms with E-state index < -0.39 is 0 Å². The number of carbonyl (C=O) groups excluding carboxylic acids is 3. The Morgan fingerprint density at radius 3 is 2.76 bits per heavy atom. The second kappa shape index (κ2) is 11.2. The maximum atomic E-state index is 13.5. The first-order valence-corrected chi connectivity index (χ1v) is 14.5. The zero-order chi connectivity index (χ0) is 28.5. The van der Waals surface area contributed by atoms with Gasteiger partial charge in [-0.25, -0.2) is 14.8 Å². The van der Waals surface area contributed by atoms with Crippen LogP contribution in [-0.2, 0) is 4.79 Å². The van der Waals surface area contributed by atoms with Crippen LogP contribution in [0, 0.1) is 12.8 Å². The van der Waals surface area contributed by atoms with Crippen LogP contribution < -0.4 is 26.0 Å². The second-order valence-electron chi connectivity index (χ2n) is 10.5. The lowest BCUT2D eigenvalue weighted by atomic mass is 9.83. The molecule has 1 aliphatic heterocycles. The van der Waals surface area contributed by atoms with Gasteiger partial charge in [0.05, 0.1) is 28.1 Å². The summed E-state index contributed by atoms with van der Waals surface area (Å²) in [7, 11) is 0. The highest BCUT2D eigenvalue weighted by molar-refractivity contribution is 7.21. The van der Waals surface area contributed by atoms with Crippen molar-refractivity contribution in [2.24, 2.45) is 11.7 Å². The Morgan fingerprint density at radius 2 is 1.98 bits per heavy atom. The topological polar surface area (TPSA) is 140 Å². The molecule has 0 saturated heterocycles. The summed E-state index contributed by atoms with van der Waals surface area (Å²) in [6.45, 7) is 1.82. The lowest BCUT2D eigenvalue weighted by Gasteiger charge is -2.30. The number of hydrogen-bond donors (Lipinski definition) is 3. The minimum atomic E-state index is -0.386. The molecule has 3 aromatic heterocycles. The van der Waals surface area contributed by atoms with Gasteiger partial charge in [-0.15, -0.1) is 11.3 Å². The van der Waals surface area contributed by atoms with Crippen molar-refractivity contribution in [3.05, 3.63) is 65.3 Å². The lowest BCUT2D eigenvalue weighted by molar-refractivity contribution is -0.118. The quantitative estimate of drug-likeness (QED) is 0.236. The van der Waals surface area contributed by atoms with Crippen LogP contribution in [0.4, 0.5) is 21.9 Å². The summed E-state index contributed by atoms with van der Waals surface area (Å²) < 4.78 is 5.86. The number of thiophene rings is 1.